The van der Waals surface area contributed by atoms with Crippen molar-refractivity contribution in [1.82, 2.24) is 4.90 Å². The van der Waals surface area contributed by atoms with Gasteiger partial charge in [-0.2, -0.15) is 5.26 Å². The van der Waals surface area contributed by atoms with Crippen molar-refractivity contribution in [2.75, 3.05) is 0 Å². The molecule has 25 heavy (non-hydrogen) atoms. The van der Waals surface area contributed by atoms with Crippen LogP contribution in [0.3, 0.4) is 0 Å². The first-order chi connectivity index (χ1) is 12.2. The molecule has 2 heterocycles. The van der Waals surface area contributed by atoms with E-state index < -0.39 is 0 Å². The summed E-state index contributed by atoms with van der Waals surface area (Å²) in [5.74, 6) is 0.776. The number of fused-ring (bicyclic) bond motifs is 2. The van der Waals surface area contributed by atoms with Crippen molar-refractivity contribution < 1.29 is 4.79 Å². The molecule has 2 saturated heterocycles. The molecule has 5 heteroatoms. The second kappa shape index (κ2) is 7.21. The minimum Gasteiger partial charge on any atom is -0.304 e. The highest BCUT2D eigenvalue weighted by Gasteiger charge is 2.50. The number of halogens is 1. The fourth-order valence-corrected chi connectivity index (χ4v) is 6.24. The van der Waals surface area contributed by atoms with Crippen LogP contribution in [0.25, 0.3) is 0 Å². The summed E-state index contributed by atoms with van der Waals surface area (Å²) in [6, 6.07) is 8.57. The van der Waals surface area contributed by atoms with Gasteiger partial charge >= 0.3 is 0 Å². The second-order valence-corrected chi connectivity index (χ2v) is 9.41. The molecule has 0 aromatic heterocycles. The lowest BCUT2D eigenvalue weighted by Crippen LogP contribution is -2.35. The molecule has 1 aliphatic carbocycles. The third-order valence-electron chi connectivity index (χ3n) is 6.21. The summed E-state index contributed by atoms with van der Waals surface area (Å²) in [4.78, 5) is 16.2. The Morgan fingerprint density at radius 2 is 1.84 bits per heavy atom. The summed E-state index contributed by atoms with van der Waals surface area (Å²) < 4.78 is 0. The standard InChI is InChI=1S/C20H23ClN2OS/c21-14-3-8-17(9-4-14)25-16-6-1-13(2-7-16)20(24)18-11-15-5-10-19(18)23(15)12-22/h3-4,8-9,13,15-16,18-19H,1-2,5-7,10-11H2. The van der Waals surface area contributed by atoms with Crippen molar-refractivity contribution in [3.05, 3.63) is 29.3 Å². The molecular formula is C20H23ClN2OS. The number of nitriles is 1. The van der Waals surface area contributed by atoms with E-state index in [2.05, 4.69) is 18.3 Å². The molecule has 0 spiro atoms. The molecule has 3 aliphatic rings. The molecule has 0 radical (unpaired) electrons. The lowest BCUT2D eigenvalue weighted by molar-refractivity contribution is -0.128. The number of carbonyl (C=O) groups is 1. The monoisotopic (exact) mass is 374 g/mol. The smallest absolute Gasteiger partial charge is 0.179 e. The zero-order chi connectivity index (χ0) is 17.4. The Morgan fingerprint density at radius 1 is 1.12 bits per heavy atom. The first-order valence-corrected chi connectivity index (χ1v) is 10.6. The zero-order valence-electron chi connectivity index (χ0n) is 14.2. The summed E-state index contributed by atoms with van der Waals surface area (Å²) >= 11 is 7.86. The summed E-state index contributed by atoms with van der Waals surface area (Å²) in [6.45, 7) is 0. The van der Waals surface area contributed by atoms with E-state index in [4.69, 9.17) is 11.6 Å². The summed E-state index contributed by atoms with van der Waals surface area (Å²) in [6.07, 6.45) is 9.56. The van der Waals surface area contributed by atoms with Gasteiger partial charge < -0.3 is 4.90 Å². The molecule has 1 aromatic carbocycles. The van der Waals surface area contributed by atoms with E-state index in [0.717, 1.165) is 50.0 Å². The highest BCUT2D eigenvalue weighted by atomic mass is 35.5. The number of thioether (sulfide) groups is 1. The van der Waals surface area contributed by atoms with Crippen molar-refractivity contribution in [2.24, 2.45) is 11.8 Å². The number of benzene rings is 1. The molecule has 3 fully saturated rings. The van der Waals surface area contributed by atoms with Gasteiger partial charge in [-0.3, -0.25) is 4.79 Å². The van der Waals surface area contributed by atoms with Crippen molar-refractivity contribution in [2.45, 2.75) is 67.2 Å². The van der Waals surface area contributed by atoms with Crippen LogP contribution in [0.15, 0.2) is 29.2 Å². The van der Waals surface area contributed by atoms with Crippen molar-refractivity contribution in [3.8, 4) is 6.19 Å². The van der Waals surface area contributed by atoms with E-state index in [-0.39, 0.29) is 17.9 Å². The highest BCUT2D eigenvalue weighted by Crippen LogP contribution is 2.45. The Labute approximate surface area is 158 Å². The van der Waals surface area contributed by atoms with Crippen molar-refractivity contribution in [1.29, 1.82) is 5.26 Å². The molecule has 4 rings (SSSR count). The van der Waals surface area contributed by atoms with Gasteiger partial charge in [-0.1, -0.05) is 11.6 Å². The van der Waals surface area contributed by atoms with Crippen LogP contribution in [0.4, 0.5) is 0 Å². The van der Waals surface area contributed by atoms with Crippen LogP contribution < -0.4 is 0 Å². The largest absolute Gasteiger partial charge is 0.304 e. The quantitative estimate of drug-likeness (QED) is 0.703. The number of hydrogen-bond acceptors (Lipinski definition) is 4. The Morgan fingerprint density at radius 3 is 2.48 bits per heavy atom. The molecule has 3 nitrogen and oxygen atoms in total. The molecule has 132 valence electrons. The summed E-state index contributed by atoms with van der Waals surface area (Å²) in [7, 11) is 0. The van der Waals surface area contributed by atoms with Crippen LogP contribution in [0.5, 0.6) is 0 Å². The van der Waals surface area contributed by atoms with Gasteiger partial charge in [0, 0.05) is 39.1 Å². The van der Waals surface area contributed by atoms with Gasteiger partial charge in [0.25, 0.3) is 0 Å². The van der Waals surface area contributed by atoms with Gasteiger partial charge in [0.05, 0.1) is 0 Å². The third-order valence-corrected chi connectivity index (χ3v) is 7.81. The fourth-order valence-electron chi connectivity index (χ4n) is 4.92. The van der Waals surface area contributed by atoms with Gasteiger partial charge in [-0.15, -0.1) is 11.8 Å². The third kappa shape index (κ3) is 3.41. The lowest BCUT2D eigenvalue weighted by atomic mass is 9.76. The lowest BCUT2D eigenvalue weighted by Gasteiger charge is -2.30. The molecule has 3 unspecified atom stereocenters. The Balaban J connectivity index is 1.31. The van der Waals surface area contributed by atoms with E-state index in [9.17, 15) is 10.1 Å². The molecule has 2 aliphatic heterocycles. The summed E-state index contributed by atoms with van der Waals surface area (Å²) in [5, 5.41) is 10.7. The predicted octanol–water partition coefficient (Wildman–Crippen LogP) is 4.89. The van der Waals surface area contributed by atoms with E-state index in [1.54, 1.807) is 0 Å². The van der Waals surface area contributed by atoms with Crippen LogP contribution in [0.2, 0.25) is 5.02 Å². The topological polar surface area (TPSA) is 44.1 Å². The van der Waals surface area contributed by atoms with Crippen LogP contribution in [0, 0.1) is 23.3 Å². The highest BCUT2D eigenvalue weighted by molar-refractivity contribution is 8.00. The number of hydrogen-bond donors (Lipinski definition) is 0. The number of nitrogens with zero attached hydrogens (tertiary/aromatic N) is 2. The van der Waals surface area contributed by atoms with Crippen LogP contribution in [-0.2, 0) is 4.79 Å². The van der Waals surface area contributed by atoms with E-state index >= 15 is 0 Å². The Kier molecular flexibility index (Phi) is 4.97. The Hall–Kier alpha value is -1.18. The Bertz CT molecular complexity index is 678. The van der Waals surface area contributed by atoms with Gasteiger partial charge in [0.2, 0.25) is 0 Å². The van der Waals surface area contributed by atoms with Gasteiger partial charge in [0.15, 0.2) is 6.19 Å². The van der Waals surface area contributed by atoms with Gasteiger partial charge in [-0.05, 0) is 69.2 Å². The first kappa shape index (κ1) is 17.2. The number of rotatable bonds is 4. The maximum atomic E-state index is 13.0. The molecule has 1 saturated carbocycles. The van der Waals surface area contributed by atoms with Crippen LogP contribution in [-0.4, -0.2) is 28.0 Å². The molecule has 0 amide bonds. The van der Waals surface area contributed by atoms with Gasteiger partial charge in [0.1, 0.15) is 5.78 Å². The van der Waals surface area contributed by atoms with E-state index in [1.165, 1.54) is 4.90 Å². The van der Waals surface area contributed by atoms with Crippen molar-refractivity contribution in [3.63, 3.8) is 0 Å². The minimum atomic E-state index is 0.115. The number of Topliss-reactive ketones (excluding diaryl/α,β-unsaturated/α-hetero) is 1. The predicted molar refractivity (Wildman–Crippen MR) is 100 cm³/mol. The zero-order valence-corrected chi connectivity index (χ0v) is 15.8. The van der Waals surface area contributed by atoms with Crippen LogP contribution in [0.1, 0.15) is 44.9 Å². The molecular weight excluding hydrogens is 352 g/mol. The SMILES string of the molecule is N#CN1C2CCC1C(C(=O)C1CCC(Sc3ccc(Cl)cc3)CC1)C2. The van der Waals surface area contributed by atoms with E-state index in [1.807, 2.05) is 28.8 Å². The molecule has 1 aromatic rings. The van der Waals surface area contributed by atoms with Crippen molar-refractivity contribution >= 4 is 29.1 Å². The fraction of sp³-hybridized carbons (Fsp3) is 0.600. The van der Waals surface area contributed by atoms with Crippen LogP contribution >= 0.6 is 23.4 Å². The normalized spacial score (nSPS) is 34.1. The molecule has 2 bridgehead atoms. The maximum absolute atomic E-state index is 13.0. The number of ketones is 1. The second-order valence-electron chi connectivity index (χ2n) is 7.60. The summed E-state index contributed by atoms with van der Waals surface area (Å²) in [5.41, 5.74) is 0. The average molecular weight is 375 g/mol. The van der Waals surface area contributed by atoms with E-state index in [0.29, 0.717) is 17.1 Å². The maximum Gasteiger partial charge on any atom is 0.179 e. The molecule has 0 N–H and O–H groups in total. The van der Waals surface area contributed by atoms with Gasteiger partial charge in [-0.25, -0.2) is 0 Å². The number of carbonyl (C=O) groups excluding carboxylic acids is 1. The molecule has 3 atom stereocenters. The first-order valence-electron chi connectivity index (χ1n) is 9.29. The average Bonchev–Trinajstić information content (AvgIpc) is 3.21. The minimum absolute atomic E-state index is 0.115.